The van der Waals surface area contributed by atoms with Gasteiger partial charge in [0.2, 0.25) is 0 Å². The summed E-state index contributed by atoms with van der Waals surface area (Å²) in [6.07, 6.45) is 9.20. The SMILES string of the molecule is COc1cc(/C=C/C2=NC[C@]3(c4ccc(C)cc4)[C@@H](O)CCCN23)ccc1-n1cnc(C)c1. The Kier molecular flexibility index (Phi) is 5.54. The lowest BCUT2D eigenvalue weighted by atomic mass is 9.78. The van der Waals surface area contributed by atoms with Crippen LogP contribution in [0.1, 0.15) is 35.2 Å². The summed E-state index contributed by atoms with van der Waals surface area (Å²) in [6.45, 7) is 5.51. The Labute approximate surface area is 194 Å². The van der Waals surface area contributed by atoms with Crippen molar-refractivity contribution in [3.8, 4) is 11.4 Å². The summed E-state index contributed by atoms with van der Waals surface area (Å²) in [5.41, 5.74) is 4.81. The first-order valence-corrected chi connectivity index (χ1v) is 11.5. The van der Waals surface area contributed by atoms with Gasteiger partial charge in [0.1, 0.15) is 17.1 Å². The number of ether oxygens (including phenoxy) is 1. The summed E-state index contributed by atoms with van der Waals surface area (Å²) in [6, 6.07) is 14.6. The molecule has 2 aliphatic rings. The van der Waals surface area contributed by atoms with Crippen molar-refractivity contribution in [3.05, 3.63) is 83.4 Å². The fourth-order valence-electron chi connectivity index (χ4n) is 5.02. The zero-order valence-corrected chi connectivity index (χ0v) is 19.4. The van der Waals surface area contributed by atoms with Gasteiger partial charge in [0.05, 0.1) is 37.5 Å². The Morgan fingerprint density at radius 2 is 1.94 bits per heavy atom. The molecule has 0 aliphatic carbocycles. The maximum atomic E-state index is 11.1. The number of benzene rings is 2. The number of hydrogen-bond donors (Lipinski definition) is 1. The fourth-order valence-corrected chi connectivity index (χ4v) is 5.02. The van der Waals surface area contributed by atoms with Crippen LogP contribution in [0, 0.1) is 13.8 Å². The molecule has 0 unspecified atom stereocenters. The van der Waals surface area contributed by atoms with E-state index in [1.165, 1.54) is 5.56 Å². The molecule has 33 heavy (non-hydrogen) atoms. The monoisotopic (exact) mass is 442 g/mol. The number of aliphatic hydroxyl groups is 1. The molecule has 1 aromatic heterocycles. The van der Waals surface area contributed by atoms with Gasteiger partial charge in [0.25, 0.3) is 0 Å². The van der Waals surface area contributed by atoms with Crippen LogP contribution in [0.15, 0.2) is 66.1 Å². The van der Waals surface area contributed by atoms with E-state index >= 15 is 0 Å². The largest absolute Gasteiger partial charge is 0.495 e. The fraction of sp³-hybridized carbons (Fsp3) is 0.333. The molecule has 1 fully saturated rings. The van der Waals surface area contributed by atoms with Crippen molar-refractivity contribution in [1.29, 1.82) is 0 Å². The van der Waals surface area contributed by atoms with Crippen molar-refractivity contribution >= 4 is 11.9 Å². The molecule has 5 rings (SSSR count). The molecule has 170 valence electrons. The molecule has 3 aromatic rings. The zero-order chi connectivity index (χ0) is 23.0. The average molecular weight is 443 g/mol. The van der Waals surface area contributed by atoms with Crippen LogP contribution in [0.25, 0.3) is 11.8 Å². The third-order valence-corrected chi connectivity index (χ3v) is 6.82. The van der Waals surface area contributed by atoms with E-state index in [2.05, 4.69) is 59.3 Å². The number of imidazole rings is 1. The minimum Gasteiger partial charge on any atom is -0.495 e. The number of methoxy groups -OCH3 is 1. The van der Waals surface area contributed by atoms with Gasteiger partial charge in [-0.15, -0.1) is 0 Å². The Morgan fingerprint density at radius 1 is 1.12 bits per heavy atom. The summed E-state index contributed by atoms with van der Waals surface area (Å²) in [5.74, 6) is 1.70. The minimum absolute atomic E-state index is 0.443. The van der Waals surface area contributed by atoms with Crippen molar-refractivity contribution in [1.82, 2.24) is 14.5 Å². The Balaban J connectivity index is 1.43. The normalized spacial score (nSPS) is 22.5. The topological polar surface area (TPSA) is 62.9 Å². The van der Waals surface area contributed by atoms with E-state index in [0.29, 0.717) is 6.54 Å². The number of rotatable bonds is 5. The van der Waals surface area contributed by atoms with Crippen LogP contribution in [0.4, 0.5) is 0 Å². The predicted molar refractivity (Wildman–Crippen MR) is 131 cm³/mol. The van der Waals surface area contributed by atoms with E-state index in [1.807, 2.05) is 29.8 Å². The van der Waals surface area contributed by atoms with Crippen LogP contribution in [0.3, 0.4) is 0 Å². The number of piperidine rings is 1. The number of amidine groups is 1. The molecular formula is C27H30N4O2. The molecule has 1 saturated heterocycles. The molecule has 3 heterocycles. The Bertz CT molecular complexity index is 1210. The molecule has 6 nitrogen and oxygen atoms in total. The lowest BCUT2D eigenvalue weighted by Gasteiger charge is -2.47. The number of aliphatic hydroxyl groups excluding tert-OH is 1. The molecule has 2 atom stereocenters. The Hall–Kier alpha value is -3.38. The smallest absolute Gasteiger partial charge is 0.143 e. The standard InChI is InChI=1S/C27H30N4O2/c1-19-6-10-22(11-7-19)27-17-28-26(31(27)14-4-5-25(27)32)13-9-21-8-12-23(24(15-21)33-3)30-16-20(2)29-18-30/h6-13,15-16,18,25,32H,4-5,14,17H2,1-3H3/b13-9+/t25-,27-/m0/s1. The van der Waals surface area contributed by atoms with Gasteiger partial charge in [-0.2, -0.15) is 0 Å². The lowest BCUT2D eigenvalue weighted by molar-refractivity contribution is -0.0180. The maximum Gasteiger partial charge on any atom is 0.143 e. The first-order valence-electron chi connectivity index (χ1n) is 11.5. The molecule has 0 bridgehead atoms. The number of aromatic nitrogens is 2. The summed E-state index contributed by atoms with van der Waals surface area (Å²) >= 11 is 0. The average Bonchev–Trinajstić information content (AvgIpc) is 3.43. The summed E-state index contributed by atoms with van der Waals surface area (Å²) in [5, 5.41) is 11.1. The summed E-state index contributed by atoms with van der Waals surface area (Å²) < 4.78 is 7.61. The van der Waals surface area contributed by atoms with E-state index in [0.717, 1.165) is 53.5 Å². The third-order valence-electron chi connectivity index (χ3n) is 6.82. The third kappa shape index (κ3) is 3.74. The first-order chi connectivity index (χ1) is 16.0. The highest BCUT2D eigenvalue weighted by atomic mass is 16.5. The highest BCUT2D eigenvalue weighted by molar-refractivity contribution is 5.98. The maximum absolute atomic E-state index is 11.1. The van der Waals surface area contributed by atoms with Crippen molar-refractivity contribution in [2.45, 2.75) is 38.3 Å². The summed E-state index contributed by atoms with van der Waals surface area (Å²) in [7, 11) is 1.68. The Morgan fingerprint density at radius 3 is 2.67 bits per heavy atom. The molecule has 0 saturated carbocycles. The number of fused-ring (bicyclic) bond motifs is 1. The van der Waals surface area contributed by atoms with Crippen LogP contribution in [0.5, 0.6) is 5.75 Å². The van der Waals surface area contributed by atoms with Gasteiger partial charge in [-0.3, -0.25) is 4.99 Å². The minimum atomic E-state index is -0.480. The lowest BCUT2D eigenvalue weighted by Crippen LogP contribution is -2.57. The van der Waals surface area contributed by atoms with Crippen molar-refractivity contribution < 1.29 is 9.84 Å². The summed E-state index contributed by atoms with van der Waals surface area (Å²) in [4.78, 5) is 11.5. The molecule has 2 aromatic carbocycles. The molecule has 0 spiro atoms. The van der Waals surface area contributed by atoms with E-state index in [4.69, 9.17) is 9.73 Å². The zero-order valence-electron chi connectivity index (χ0n) is 19.4. The van der Waals surface area contributed by atoms with Crippen LogP contribution in [0.2, 0.25) is 0 Å². The van der Waals surface area contributed by atoms with Gasteiger partial charge in [0.15, 0.2) is 0 Å². The molecule has 2 aliphatic heterocycles. The van der Waals surface area contributed by atoms with E-state index in [9.17, 15) is 5.11 Å². The van der Waals surface area contributed by atoms with Gasteiger partial charge < -0.3 is 19.3 Å². The van der Waals surface area contributed by atoms with Gasteiger partial charge in [0, 0.05) is 12.7 Å². The van der Waals surface area contributed by atoms with Crippen molar-refractivity contribution in [2.24, 2.45) is 4.99 Å². The van der Waals surface area contributed by atoms with Crippen molar-refractivity contribution in [2.75, 3.05) is 20.2 Å². The van der Waals surface area contributed by atoms with E-state index in [1.54, 1.807) is 13.4 Å². The number of hydrogen-bond acceptors (Lipinski definition) is 5. The second-order valence-corrected chi connectivity index (χ2v) is 8.96. The quantitative estimate of drug-likeness (QED) is 0.641. The van der Waals surface area contributed by atoms with Gasteiger partial charge >= 0.3 is 0 Å². The second kappa shape index (κ2) is 8.52. The van der Waals surface area contributed by atoms with Crippen LogP contribution in [-0.4, -0.2) is 51.7 Å². The second-order valence-electron chi connectivity index (χ2n) is 8.96. The van der Waals surface area contributed by atoms with Crippen LogP contribution in [-0.2, 0) is 5.54 Å². The molecule has 0 radical (unpaired) electrons. The van der Waals surface area contributed by atoms with Gasteiger partial charge in [-0.05, 0) is 56.0 Å². The number of nitrogens with zero attached hydrogens (tertiary/aromatic N) is 4. The van der Waals surface area contributed by atoms with E-state index < -0.39 is 11.6 Å². The van der Waals surface area contributed by atoms with Crippen molar-refractivity contribution in [3.63, 3.8) is 0 Å². The van der Waals surface area contributed by atoms with Gasteiger partial charge in [-0.25, -0.2) is 4.98 Å². The van der Waals surface area contributed by atoms with Crippen LogP contribution < -0.4 is 4.74 Å². The molecule has 0 amide bonds. The molecule has 1 N–H and O–H groups in total. The van der Waals surface area contributed by atoms with Gasteiger partial charge in [-0.1, -0.05) is 42.0 Å². The molecular weight excluding hydrogens is 412 g/mol. The first kappa shape index (κ1) is 21.5. The van der Waals surface area contributed by atoms with E-state index in [-0.39, 0.29) is 0 Å². The number of aliphatic imine (C=N–C) groups is 1. The highest BCUT2D eigenvalue weighted by Gasteiger charge is 2.50. The number of aryl methyl sites for hydroxylation is 2. The predicted octanol–water partition coefficient (Wildman–Crippen LogP) is 4.28. The van der Waals surface area contributed by atoms with Crippen LogP contribution >= 0.6 is 0 Å². The highest BCUT2D eigenvalue weighted by Crippen LogP contribution is 2.42. The molecule has 6 heteroatoms.